The summed E-state index contributed by atoms with van der Waals surface area (Å²) >= 11 is 0. The second-order valence-electron chi connectivity index (χ2n) is 10.5. The summed E-state index contributed by atoms with van der Waals surface area (Å²) in [4.78, 5) is 31.1. The van der Waals surface area contributed by atoms with Gasteiger partial charge in [0.1, 0.15) is 5.82 Å². The fraction of sp³-hybridized carbons (Fsp3) is 0.400. The van der Waals surface area contributed by atoms with Gasteiger partial charge in [-0.1, -0.05) is 24.3 Å². The van der Waals surface area contributed by atoms with E-state index < -0.39 is 17.9 Å². The molecule has 6 rings (SSSR count). The van der Waals surface area contributed by atoms with Crippen LogP contribution in [0, 0.1) is 5.82 Å². The number of hydrogen-bond donors (Lipinski definition) is 1. The average Bonchev–Trinajstić information content (AvgIpc) is 3.49. The number of methoxy groups -OCH3 is 1. The topological polar surface area (TPSA) is 84.2 Å². The Labute approximate surface area is 226 Å². The zero-order valence-corrected chi connectivity index (χ0v) is 21.9. The number of aromatic nitrogens is 1. The van der Waals surface area contributed by atoms with Crippen LogP contribution in [0.1, 0.15) is 37.5 Å². The molecule has 0 spiro atoms. The number of benzene rings is 2. The number of hydrogen-bond acceptors (Lipinski definition) is 6. The van der Waals surface area contributed by atoms with Crippen molar-refractivity contribution < 1.29 is 28.6 Å². The number of esters is 1. The Kier molecular flexibility index (Phi) is 6.97. The number of aliphatic hydroxyl groups excluding tert-OH is 1. The van der Waals surface area contributed by atoms with Gasteiger partial charge in [-0.15, -0.1) is 0 Å². The van der Waals surface area contributed by atoms with E-state index in [0.29, 0.717) is 47.8 Å². The molecule has 9 heteroatoms. The van der Waals surface area contributed by atoms with Gasteiger partial charge in [0.15, 0.2) is 0 Å². The summed E-state index contributed by atoms with van der Waals surface area (Å²) in [5, 5.41) is 10.4. The molecule has 0 unspecified atom stereocenters. The molecule has 1 fully saturated rings. The number of carbonyl (C=O) groups excluding carboxylic acids is 2. The highest BCUT2D eigenvalue weighted by atomic mass is 19.1. The minimum absolute atomic E-state index is 0.0612. The van der Waals surface area contributed by atoms with Crippen LogP contribution in [0.25, 0.3) is 11.3 Å². The van der Waals surface area contributed by atoms with Gasteiger partial charge >= 0.3 is 5.97 Å². The Morgan fingerprint density at radius 3 is 2.59 bits per heavy atom. The monoisotopic (exact) mass is 533 g/mol. The van der Waals surface area contributed by atoms with E-state index in [-0.39, 0.29) is 24.9 Å². The molecule has 1 amide bonds. The molecule has 1 aromatic heterocycles. The molecule has 0 aliphatic carbocycles. The maximum absolute atomic E-state index is 14.7. The Bertz CT molecular complexity index is 1410. The number of rotatable bonds is 5. The number of amides is 1. The first kappa shape index (κ1) is 25.7. The van der Waals surface area contributed by atoms with Crippen LogP contribution in [0.15, 0.2) is 48.5 Å². The van der Waals surface area contributed by atoms with E-state index in [1.807, 2.05) is 17.0 Å². The lowest BCUT2D eigenvalue weighted by Gasteiger charge is -2.40. The molecule has 204 valence electrons. The zero-order valence-electron chi connectivity index (χ0n) is 21.9. The predicted molar refractivity (Wildman–Crippen MR) is 142 cm³/mol. The second-order valence-corrected chi connectivity index (χ2v) is 10.5. The summed E-state index contributed by atoms with van der Waals surface area (Å²) in [5.74, 6) is -1.20. The zero-order chi connectivity index (χ0) is 27.1. The molecule has 8 nitrogen and oxygen atoms in total. The largest absolute Gasteiger partial charge is 0.465 e. The molecule has 3 aliphatic heterocycles. The summed E-state index contributed by atoms with van der Waals surface area (Å²) in [7, 11) is 1.30. The Hall–Kier alpha value is -3.53. The summed E-state index contributed by atoms with van der Waals surface area (Å²) in [6.45, 7) is 4.41. The van der Waals surface area contributed by atoms with Crippen molar-refractivity contribution in [2.75, 3.05) is 40.0 Å². The molecule has 1 saturated heterocycles. The van der Waals surface area contributed by atoms with Gasteiger partial charge in [0, 0.05) is 62.0 Å². The molecule has 1 N–H and O–H groups in total. The van der Waals surface area contributed by atoms with E-state index in [4.69, 9.17) is 9.47 Å². The third kappa shape index (κ3) is 4.86. The number of ether oxygens (including phenoxy) is 2. The van der Waals surface area contributed by atoms with E-state index in [0.717, 1.165) is 31.6 Å². The molecule has 4 heterocycles. The normalized spacial score (nSPS) is 20.9. The lowest BCUT2D eigenvalue weighted by Crippen LogP contribution is -2.52. The van der Waals surface area contributed by atoms with Crippen molar-refractivity contribution in [1.82, 2.24) is 14.4 Å². The van der Waals surface area contributed by atoms with Gasteiger partial charge in [0.05, 0.1) is 37.7 Å². The summed E-state index contributed by atoms with van der Waals surface area (Å²) in [6, 6.07) is 13.9. The van der Waals surface area contributed by atoms with Crippen LogP contribution in [0.2, 0.25) is 0 Å². The van der Waals surface area contributed by atoms with Crippen molar-refractivity contribution in [3.8, 4) is 11.3 Å². The number of morpholine rings is 1. The highest BCUT2D eigenvalue weighted by Gasteiger charge is 2.35. The highest BCUT2D eigenvalue weighted by molar-refractivity contribution is 6.02. The van der Waals surface area contributed by atoms with E-state index in [2.05, 4.69) is 17.0 Å². The van der Waals surface area contributed by atoms with Crippen LogP contribution in [0.5, 0.6) is 0 Å². The number of aliphatic hydroxyl groups is 1. The van der Waals surface area contributed by atoms with Crippen LogP contribution in [0.4, 0.5) is 4.39 Å². The first-order valence-corrected chi connectivity index (χ1v) is 13.4. The van der Waals surface area contributed by atoms with Gasteiger partial charge in [-0.2, -0.15) is 0 Å². The molecule has 2 atom stereocenters. The van der Waals surface area contributed by atoms with Crippen LogP contribution < -0.4 is 0 Å². The molecule has 39 heavy (non-hydrogen) atoms. The standard InChI is InChI=1S/C30H32FN3O5/c1-38-30(37)26-15-28(34-18-23(35)14-27(26)34)25-13-21(31)6-7-24(25)29(36)33-16-20-5-3-2-4-19(20)12-22(33)17-32-8-10-39-11-9-32/h2-7,13,15,22-23,35H,8-12,14,16-18H2,1H3/t22-,23+/m0/s1. The molecular weight excluding hydrogens is 501 g/mol. The van der Waals surface area contributed by atoms with Crippen LogP contribution >= 0.6 is 0 Å². The van der Waals surface area contributed by atoms with Crippen molar-refractivity contribution in [3.63, 3.8) is 0 Å². The molecule has 0 radical (unpaired) electrons. The minimum atomic E-state index is -0.674. The molecule has 3 aliphatic rings. The molecule has 2 aromatic carbocycles. The quantitative estimate of drug-likeness (QED) is 0.508. The lowest BCUT2D eigenvalue weighted by atomic mass is 9.92. The van der Waals surface area contributed by atoms with Crippen LogP contribution in [-0.4, -0.2) is 83.5 Å². The van der Waals surface area contributed by atoms with Gasteiger partial charge in [-0.3, -0.25) is 9.69 Å². The van der Waals surface area contributed by atoms with Crippen molar-refractivity contribution in [2.24, 2.45) is 0 Å². The third-order valence-corrected chi connectivity index (χ3v) is 8.11. The van der Waals surface area contributed by atoms with E-state index >= 15 is 0 Å². The molecule has 0 bridgehead atoms. The predicted octanol–water partition coefficient (Wildman–Crippen LogP) is 2.90. The molecular formula is C30H32FN3O5. The van der Waals surface area contributed by atoms with Gasteiger partial charge in [0.25, 0.3) is 5.91 Å². The summed E-state index contributed by atoms with van der Waals surface area (Å²) in [6.07, 6.45) is 0.343. The number of carbonyl (C=O) groups is 2. The minimum Gasteiger partial charge on any atom is -0.465 e. The van der Waals surface area contributed by atoms with Crippen molar-refractivity contribution in [1.29, 1.82) is 0 Å². The number of nitrogens with zero attached hydrogens (tertiary/aromatic N) is 3. The van der Waals surface area contributed by atoms with Gasteiger partial charge in [-0.25, -0.2) is 9.18 Å². The Morgan fingerprint density at radius 1 is 1.05 bits per heavy atom. The van der Waals surface area contributed by atoms with Gasteiger partial charge in [-0.05, 0) is 41.8 Å². The smallest absolute Gasteiger partial charge is 0.339 e. The molecule has 0 saturated carbocycles. The van der Waals surface area contributed by atoms with Crippen molar-refractivity contribution >= 4 is 11.9 Å². The lowest BCUT2D eigenvalue weighted by molar-refractivity contribution is 0.0193. The third-order valence-electron chi connectivity index (χ3n) is 8.11. The maximum Gasteiger partial charge on any atom is 0.339 e. The fourth-order valence-corrected chi connectivity index (χ4v) is 6.17. The first-order valence-electron chi connectivity index (χ1n) is 13.4. The van der Waals surface area contributed by atoms with Crippen molar-refractivity contribution in [2.45, 2.75) is 38.1 Å². The van der Waals surface area contributed by atoms with Gasteiger partial charge in [0.2, 0.25) is 0 Å². The summed E-state index contributed by atoms with van der Waals surface area (Å²) in [5.41, 5.74) is 4.57. The van der Waals surface area contributed by atoms with E-state index in [1.54, 1.807) is 10.6 Å². The van der Waals surface area contributed by atoms with Crippen molar-refractivity contribution in [3.05, 3.63) is 82.3 Å². The Balaban J connectivity index is 1.40. The maximum atomic E-state index is 14.7. The highest BCUT2D eigenvalue weighted by Crippen LogP contribution is 2.36. The number of fused-ring (bicyclic) bond motifs is 2. The fourth-order valence-electron chi connectivity index (χ4n) is 6.17. The van der Waals surface area contributed by atoms with E-state index in [9.17, 15) is 19.1 Å². The number of halogens is 1. The van der Waals surface area contributed by atoms with E-state index in [1.165, 1.54) is 30.9 Å². The van der Waals surface area contributed by atoms with Gasteiger partial charge < -0.3 is 24.0 Å². The Morgan fingerprint density at radius 2 is 1.82 bits per heavy atom. The molecule has 3 aromatic rings. The van der Waals surface area contributed by atoms with Crippen LogP contribution in [0.3, 0.4) is 0 Å². The van der Waals surface area contributed by atoms with Crippen LogP contribution in [-0.2, 0) is 35.4 Å². The first-order chi connectivity index (χ1) is 18.9. The summed E-state index contributed by atoms with van der Waals surface area (Å²) < 4.78 is 27.0. The SMILES string of the molecule is COC(=O)c1cc(-c2cc(F)ccc2C(=O)N2Cc3ccccc3C[C@H]2CN2CCOCC2)n2c1C[C@@H](O)C2. The average molecular weight is 534 g/mol. The second kappa shape index (κ2) is 10.6.